The molecule has 2 aromatic carbocycles. The standard InChI is InChI=1S/C19H21ClN2OS/c1-21(2)11-12-22-17-5-3-4-6-18(17)24-13-16(19(22)23)14-7-9-15(20)10-8-14/h3-10,16H,11-13H2,1-2H3. The molecule has 5 heteroatoms. The molecule has 0 radical (unpaired) electrons. The molecule has 0 spiro atoms. The van der Waals surface area contributed by atoms with Gasteiger partial charge in [-0.3, -0.25) is 4.79 Å². The van der Waals surface area contributed by atoms with Gasteiger partial charge in [-0.25, -0.2) is 0 Å². The van der Waals surface area contributed by atoms with Crippen molar-refractivity contribution in [1.82, 2.24) is 4.90 Å². The van der Waals surface area contributed by atoms with E-state index >= 15 is 0 Å². The number of anilines is 1. The third-order valence-electron chi connectivity index (χ3n) is 4.17. The van der Waals surface area contributed by atoms with Crippen LogP contribution in [0.5, 0.6) is 0 Å². The van der Waals surface area contributed by atoms with E-state index in [0.29, 0.717) is 11.6 Å². The SMILES string of the molecule is CN(C)CCN1C(=O)C(c2ccc(Cl)cc2)CSc2ccccc21. The molecule has 1 atom stereocenters. The van der Waals surface area contributed by atoms with Gasteiger partial charge in [0.25, 0.3) is 0 Å². The van der Waals surface area contributed by atoms with Crippen LogP contribution in [0.2, 0.25) is 5.02 Å². The highest BCUT2D eigenvalue weighted by Gasteiger charge is 2.31. The van der Waals surface area contributed by atoms with E-state index in [-0.39, 0.29) is 11.8 Å². The van der Waals surface area contributed by atoms with E-state index in [4.69, 9.17) is 11.6 Å². The molecule has 3 nitrogen and oxygen atoms in total. The number of para-hydroxylation sites is 1. The van der Waals surface area contributed by atoms with E-state index in [1.807, 2.05) is 61.5 Å². The summed E-state index contributed by atoms with van der Waals surface area (Å²) in [6, 6.07) is 15.8. The second-order valence-corrected chi connectivity index (χ2v) is 7.67. The van der Waals surface area contributed by atoms with Crippen molar-refractivity contribution >= 4 is 35.0 Å². The number of thioether (sulfide) groups is 1. The number of carbonyl (C=O) groups excluding carboxylic acids is 1. The van der Waals surface area contributed by atoms with Gasteiger partial charge in [-0.15, -0.1) is 11.8 Å². The number of carbonyl (C=O) groups is 1. The van der Waals surface area contributed by atoms with Gasteiger partial charge in [-0.1, -0.05) is 35.9 Å². The average Bonchev–Trinajstić information content (AvgIpc) is 2.70. The van der Waals surface area contributed by atoms with Gasteiger partial charge in [0.05, 0.1) is 11.6 Å². The van der Waals surface area contributed by atoms with Crippen molar-refractivity contribution in [2.45, 2.75) is 10.8 Å². The van der Waals surface area contributed by atoms with E-state index < -0.39 is 0 Å². The van der Waals surface area contributed by atoms with Crippen LogP contribution in [0.4, 0.5) is 5.69 Å². The number of likely N-dealkylation sites (N-methyl/N-ethyl adjacent to an activating group) is 1. The second-order valence-electron chi connectivity index (χ2n) is 6.18. The quantitative estimate of drug-likeness (QED) is 0.819. The molecule has 1 aliphatic heterocycles. The van der Waals surface area contributed by atoms with Gasteiger partial charge >= 0.3 is 0 Å². The molecule has 1 unspecified atom stereocenters. The summed E-state index contributed by atoms with van der Waals surface area (Å²) in [5, 5.41) is 0.695. The van der Waals surface area contributed by atoms with Crippen LogP contribution in [0.25, 0.3) is 0 Å². The largest absolute Gasteiger partial charge is 0.309 e. The van der Waals surface area contributed by atoms with Crippen LogP contribution in [0.1, 0.15) is 11.5 Å². The van der Waals surface area contributed by atoms with Crippen molar-refractivity contribution in [3.05, 3.63) is 59.1 Å². The Bertz CT molecular complexity index is 718. The van der Waals surface area contributed by atoms with E-state index in [1.54, 1.807) is 11.8 Å². The van der Waals surface area contributed by atoms with Gasteiger partial charge < -0.3 is 9.80 Å². The van der Waals surface area contributed by atoms with Crippen molar-refractivity contribution in [2.75, 3.05) is 37.8 Å². The Hall–Kier alpha value is -1.49. The summed E-state index contributed by atoms with van der Waals surface area (Å²) >= 11 is 7.75. The predicted molar refractivity (Wildman–Crippen MR) is 102 cm³/mol. The normalized spacial score (nSPS) is 17.8. The first-order valence-corrected chi connectivity index (χ1v) is 9.36. The highest BCUT2D eigenvalue weighted by Crippen LogP contribution is 2.39. The van der Waals surface area contributed by atoms with E-state index in [1.165, 1.54) is 4.90 Å². The lowest BCUT2D eigenvalue weighted by molar-refractivity contribution is -0.119. The number of nitrogens with zero attached hydrogens (tertiary/aromatic N) is 2. The molecule has 0 fully saturated rings. The fourth-order valence-corrected chi connectivity index (χ4v) is 4.13. The minimum absolute atomic E-state index is 0.151. The number of amides is 1. The molecule has 1 heterocycles. The Labute approximate surface area is 152 Å². The van der Waals surface area contributed by atoms with Gasteiger partial charge in [0.1, 0.15) is 0 Å². The third kappa shape index (κ3) is 3.77. The summed E-state index contributed by atoms with van der Waals surface area (Å²) in [6.45, 7) is 1.52. The molecule has 0 aliphatic carbocycles. The van der Waals surface area contributed by atoms with Gasteiger partial charge in [-0.05, 0) is 43.9 Å². The Morgan fingerprint density at radius 1 is 1.17 bits per heavy atom. The van der Waals surface area contributed by atoms with Gasteiger partial charge in [0.15, 0.2) is 0 Å². The molecule has 0 bridgehead atoms. The fraction of sp³-hybridized carbons (Fsp3) is 0.316. The van der Waals surface area contributed by atoms with Crippen molar-refractivity contribution < 1.29 is 4.79 Å². The molecular weight excluding hydrogens is 340 g/mol. The van der Waals surface area contributed by atoms with Crippen molar-refractivity contribution in [1.29, 1.82) is 0 Å². The molecule has 0 saturated heterocycles. The fourth-order valence-electron chi connectivity index (χ4n) is 2.82. The Kier molecular flexibility index (Phi) is 5.49. The number of rotatable bonds is 4. The van der Waals surface area contributed by atoms with Crippen LogP contribution >= 0.6 is 23.4 Å². The molecule has 0 aromatic heterocycles. The molecule has 0 saturated carbocycles. The first-order valence-electron chi connectivity index (χ1n) is 7.99. The third-order valence-corrected chi connectivity index (χ3v) is 5.58. The smallest absolute Gasteiger partial charge is 0.235 e. The van der Waals surface area contributed by atoms with E-state index in [2.05, 4.69) is 11.0 Å². The van der Waals surface area contributed by atoms with Crippen LogP contribution in [-0.2, 0) is 4.79 Å². The topological polar surface area (TPSA) is 23.6 Å². The molecule has 1 aliphatic rings. The predicted octanol–water partition coefficient (Wildman–Crippen LogP) is 4.12. The first-order chi connectivity index (χ1) is 11.6. The molecule has 3 rings (SSSR count). The molecular formula is C19H21ClN2OS. The van der Waals surface area contributed by atoms with Crippen LogP contribution in [0.15, 0.2) is 53.4 Å². The number of hydrogen-bond acceptors (Lipinski definition) is 3. The molecule has 2 aromatic rings. The highest BCUT2D eigenvalue weighted by molar-refractivity contribution is 7.99. The van der Waals surface area contributed by atoms with Gasteiger partial charge in [0.2, 0.25) is 5.91 Å². The molecule has 0 N–H and O–H groups in total. The maximum atomic E-state index is 13.3. The summed E-state index contributed by atoms with van der Waals surface area (Å²) in [4.78, 5) is 18.5. The molecule has 1 amide bonds. The van der Waals surface area contributed by atoms with Crippen molar-refractivity contribution in [2.24, 2.45) is 0 Å². The van der Waals surface area contributed by atoms with Gasteiger partial charge in [-0.2, -0.15) is 0 Å². The summed E-state index contributed by atoms with van der Waals surface area (Å²) in [7, 11) is 4.05. The van der Waals surface area contributed by atoms with Crippen LogP contribution in [0.3, 0.4) is 0 Å². The Balaban J connectivity index is 1.95. The Morgan fingerprint density at radius 2 is 1.88 bits per heavy atom. The van der Waals surface area contributed by atoms with E-state index in [9.17, 15) is 4.79 Å². The second kappa shape index (κ2) is 7.60. The number of benzene rings is 2. The number of halogens is 1. The lowest BCUT2D eigenvalue weighted by Crippen LogP contribution is -2.39. The van der Waals surface area contributed by atoms with Gasteiger partial charge in [0, 0.05) is 28.8 Å². The molecule has 24 heavy (non-hydrogen) atoms. The lowest BCUT2D eigenvalue weighted by atomic mass is 9.99. The number of hydrogen-bond donors (Lipinski definition) is 0. The number of fused-ring (bicyclic) bond motifs is 1. The minimum atomic E-state index is -0.151. The maximum Gasteiger partial charge on any atom is 0.235 e. The monoisotopic (exact) mass is 360 g/mol. The highest BCUT2D eigenvalue weighted by atomic mass is 35.5. The maximum absolute atomic E-state index is 13.3. The zero-order valence-corrected chi connectivity index (χ0v) is 15.5. The molecule has 126 valence electrons. The van der Waals surface area contributed by atoms with E-state index in [0.717, 1.165) is 23.5 Å². The zero-order valence-electron chi connectivity index (χ0n) is 13.9. The first kappa shape index (κ1) is 17.3. The van der Waals surface area contributed by atoms with Crippen molar-refractivity contribution in [3.8, 4) is 0 Å². The summed E-state index contributed by atoms with van der Waals surface area (Å²) in [5.74, 6) is 0.758. The Morgan fingerprint density at radius 3 is 2.58 bits per heavy atom. The van der Waals surface area contributed by atoms with Crippen LogP contribution < -0.4 is 4.90 Å². The zero-order chi connectivity index (χ0) is 17.1. The van der Waals surface area contributed by atoms with Crippen LogP contribution in [0, 0.1) is 0 Å². The average molecular weight is 361 g/mol. The summed E-state index contributed by atoms with van der Waals surface area (Å²) < 4.78 is 0. The summed E-state index contributed by atoms with van der Waals surface area (Å²) in [5.41, 5.74) is 2.05. The minimum Gasteiger partial charge on any atom is -0.309 e. The van der Waals surface area contributed by atoms with Crippen LogP contribution in [-0.4, -0.2) is 43.7 Å². The lowest BCUT2D eigenvalue weighted by Gasteiger charge is -2.27. The summed E-state index contributed by atoms with van der Waals surface area (Å²) in [6.07, 6.45) is 0. The van der Waals surface area contributed by atoms with Crippen molar-refractivity contribution in [3.63, 3.8) is 0 Å².